The minimum absolute atomic E-state index is 0.00210. The Morgan fingerprint density at radius 1 is 1.34 bits per heavy atom. The maximum atomic E-state index is 14.0. The van der Waals surface area contributed by atoms with Gasteiger partial charge < -0.3 is 19.7 Å². The average molecular weight is 410 g/mol. The number of aliphatic hydroxyl groups excluding tert-OH is 2. The minimum atomic E-state index is -3.28. The monoisotopic (exact) mass is 410 g/mol. The number of aliphatic hydroxyl groups is 2. The van der Waals surface area contributed by atoms with Crippen LogP contribution in [0.1, 0.15) is 49.4 Å². The van der Waals surface area contributed by atoms with E-state index in [1.807, 2.05) is 0 Å². The summed E-state index contributed by atoms with van der Waals surface area (Å²) in [6.07, 6.45) is -0.200. The summed E-state index contributed by atoms with van der Waals surface area (Å²) in [5.74, 6) is -5.10. The lowest BCUT2D eigenvalue weighted by Gasteiger charge is -2.23. The van der Waals surface area contributed by atoms with Crippen LogP contribution in [0.2, 0.25) is 0 Å². The summed E-state index contributed by atoms with van der Waals surface area (Å²) in [7, 11) is 0. The van der Waals surface area contributed by atoms with Crippen LogP contribution in [-0.2, 0) is 9.53 Å². The summed E-state index contributed by atoms with van der Waals surface area (Å²) < 4.78 is 33.6. The molecule has 2 N–H and O–H groups in total. The van der Waals surface area contributed by atoms with Crippen molar-refractivity contribution in [2.24, 2.45) is 11.8 Å². The van der Waals surface area contributed by atoms with Crippen LogP contribution in [0, 0.1) is 11.8 Å². The number of rotatable bonds is 10. The first kappa shape index (κ1) is 23.2. The van der Waals surface area contributed by atoms with E-state index in [-0.39, 0.29) is 19.3 Å². The quantitative estimate of drug-likeness (QED) is 0.350. The molecule has 5 atom stereocenters. The summed E-state index contributed by atoms with van der Waals surface area (Å²) in [5, 5.41) is 20.2. The van der Waals surface area contributed by atoms with E-state index in [2.05, 4.69) is 0 Å². The largest absolute Gasteiger partial charge is 0.458 e. The van der Waals surface area contributed by atoms with Crippen LogP contribution in [0.4, 0.5) is 8.78 Å². The Morgan fingerprint density at radius 3 is 2.66 bits per heavy atom. The topological polar surface area (TPSA) is 83.8 Å². The molecule has 0 unspecified atom stereocenters. The van der Waals surface area contributed by atoms with Gasteiger partial charge in [-0.2, -0.15) is 0 Å². The van der Waals surface area contributed by atoms with Gasteiger partial charge in [0.2, 0.25) is 0 Å². The van der Waals surface area contributed by atoms with Crippen molar-refractivity contribution < 1.29 is 33.3 Å². The normalized spacial score (nSPS) is 25.8. The van der Waals surface area contributed by atoms with Gasteiger partial charge in [0.1, 0.15) is 18.5 Å². The van der Waals surface area contributed by atoms with Gasteiger partial charge in [-0.25, -0.2) is 13.6 Å². The molecular formula is C22H28F2O5. The second kappa shape index (κ2) is 10.6. The zero-order chi connectivity index (χ0) is 21.4. The molecule has 0 saturated heterocycles. The van der Waals surface area contributed by atoms with E-state index in [9.17, 15) is 28.6 Å². The smallest absolute Gasteiger partial charge is 0.338 e. The van der Waals surface area contributed by atoms with Crippen LogP contribution in [-0.4, -0.2) is 46.7 Å². The number of esters is 1. The van der Waals surface area contributed by atoms with Crippen LogP contribution in [0.3, 0.4) is 0 Å². The molecule has 0 spiro atoms. The van der Waals surface area contributed by atoms with E-state index < -0.39 is 48.5 Å². The van der Waals surface area contributed by atoms with Gasteiger partial charge in [0.15, 0.2) is 0 Å². The summed E-state index contributed by atoms with van der Waals surface area (Å²) in [6.45, 7) is 1.79. The molecule has 0 radical (unpaired) electrons. The number of hydrogen-bond acceptors (Lipinski definition) is 5. The predicted octanol–water partition coefficient (Wildman–Crippen LogP) is 3.54. The first-order valence-electron chi connectivity index (χ1n) is 9.92. The summed E-state index contributed by atoms with van der Waals surface area (Å²) >= 11 is 0. The molecular weight excluding hydrogens is 382 g/mol. The molecule has 1 aromatic carbocycles. The zero-order valence-corrected chi connectivity index (χ0v) is 16.4. The van der Waals surface area contributed by atoms with Gasteiger partial charge in [-0.3, -0.25) is 0 Å². The third kappa shape index (κ3) is 6.18. The zero-order valence-electron chi connectivity index (χ0n) is 16.4. The third-order valence-electron chi connectivity index (χ3n) is 5.34. The molecule has 0 aliphatic heterocycles. The molecule has 1 saturated carbocycles. The van der Waals surface area contributed by atoms with Gasteiger partial charge in [-0.1, -0.05) is 43.7 Å². The van der Waals surface area contributed by atoms with E-state index in [1.54, 1.807) is 37.3 Å². The van der Waals surface area contributed by atoms with Crippen molar-refractivity contribution in [1.29, 1.82) is 0 Å². The standard InChI is InChI=1S/C22H28F2O5/c1-2-3-12-22(23,24)20(27)10-9-17-16(11-13-25)18(26)14-19(17)29-21(28)15-7-5-4-6-8-15/h4-10,13,16-20,26-27H,2-3,11-12,14H2,1H3/t16-,17-,18+,19-,20-/m0/s1. The third-order valence-corrected chi connectivity index (χ3v) is 5.34. The lowest BCUT2D eigenvalue weighted by atomic mass is 9.90. The Bertz CT molecular complexity index is 692. The lowest BCUT2D eigenvalue weighted by molar-refractivity contribution is -0.109. The van der Waals surface area contributed by atoms with Crippen molar-refractivity contribution >= 4 is 12.3 Å². The fourth-order valence-electron chi connectivity index (χ4n) is 3.64. The van der Waals surface area contributed by atoms with Crippen molar-refractivity contribution in [1.82, 2.24) is 0 Å². The molecule has 2 rings (SSSR count). The Morgan fingerprint density at radius 2 is 2.03 bits per heavy atom. The van der Waals surface area contributed by atoms with Gasteiger partial charge in [-0.15, -0.1) is 0 Å². The Hall–Kier alpha value is -2.12. The molecule has 0 aromatic heterocycles. The first-order valence-corrected chi connectivity index (χ1v) is 9.92. The lowest BCUT2D eigenvalue weighted by Crippen LogP contribution is -2.32. The highest BCUT2D eigenvalue weighted by atomic mass is 19.3. The molecule has 0 heterocycles. The van der Waals surface area contributed by atoms with E-state index >= 15 is 0 Å². The molecule has 29 heavy (non-hydrogen) atoms. The number of carbonyl (C=O) groups is 2. The molecule has 5 nitrogen and oxygen atoms in total. The van der Waals surface area contributed by atoms with Gasteiger partial charge >= 0.3 is 5.97 Å². The van der Waals surface area contributed by atoms with Crippen molar-refractivity contribution in [3.63, 3.8) is 0 Å². The van der Waals surface area contributed by atoms with Gasteiger partial charge in [0.05, 0.1) is 11.7 Å². The molecule has 0 bridgehead atoms. The second-order valence-electron chi connectivity index (χ2n) is 7.45. The van der Waals surface area contributed by atoms with Crippen LogP contribution >= 0.6 is 0 Å². The van der Waals surface area contributed by atoms with Crippen molar-refractivity contribution in [3.8, 4) is 0 Å². The number of aldehydes is 1. The van der Waals surface area contributed by atoms with Gasteiger partial charge in [0, 0.05) is 31.1 Å². The highest BCUT2D eigenvalue weighted by molar-refractivity contribution is 5.89. The number of carbonyl (C=O) groups excluding carboxylic acids is 2. The Kier molecular flexibility index (Phi) is 8.46. The molecule has 1 aliphatic rings. The van der Waals surface area contributed by atoms with Crippen LogP contribution in [0.15, 0.2) is 42.5 Å². The Balaban J connectivity index is 2.15. The first-order chi connectivity index (χ1) is 13.8. The molecule has 1 aromatic rings. The maximum Gasteiger partial charge on any atom is 0.338 e. The van der Waals surface area contributed by atoms with Crippen molar-refractivity contribution in [2.75, 3.05) is 0 Å². The summed E-state index contributed by atoms with van der Waals surface area (Å²) in [5.41, 5.74) is 0.328. The number of hydrogen-bond donors (Lipinski definition) is 2. The minimum Gasteiger partial charge on any atom is -0.458 e. The SMILES string of the molecule is CCCCC(F)(F)[C@@H](O)C=C[C@H]1[C@H](CC=O)[C@H](O)C[C@@H]1OC(=O)c1ccccc1. The molecule has 1 aliphatic carbocycles. The number of ether oxygens (including phenoxy) is 1. The molecule has 160 valence electrons. The molecule has 7 heteroatoms. The van der Waals surface area contributed by atoms with Crippen LogP contribution < -0.4 is 0 Å². The fraction of sp³-hybridized carbons (Fsp3) is 0.545. The summed E-state index contributed by atoms with van der Waals surface area (Å²) in [4.78, 5) is 23.4. The predicted molar refractivity (Wildman–Crippen MR) is 104 cm³/mol. The Labute approximate surface area is 169 Å². The van der Waals surface area contributed by atoms with E-state index in [4.69, 9.17) is 4.74 Å². The number of unbranched alkanes of at least 4 members (excludes halogenated alkanes) is 1. The van der Waals surface area contributed by atoms with Gasteiger partial charge in [0.25, 0.3) is 5.92 Å². The fourth-order valence-corrected chi connectivity index (χ4v) is 3.64. The van der Waals surface area contributed by atoms with E-state index in [0.29, 0.717) is 18.3 Å². The number of benzene rings is 1. The highest BCUT2D eigenvalue weighted by Gasteiger charge is 2.44. The van der Waals surface area contributed by atoms with Crippen LogP contribution in [0.25, 0.3) is 0 Å². The number of halogens is 2. The van der Waals surface area contributed by atoms with Crippen molar-refractivity contribution in [2.45, 2.75) is 63.3 Å². The van der Waals surface area contributed by atoms with Crippen molar-refractivity contribution in [3.05, 3.63) is 48.0 Å². The number of alkyl halides is 2. The average Bonchev–Trinajstić information content (AvgIpc) is 2.99. The van der Waals surface area contributed by atoms with E-state index in [0.717, 1.165) is 6.08 Å². The molecule has 0 amide bonds. The van der Waals surface area contributed by atoms with E-state index in [1.165, 1.54) is 6.08 Å². The summed E-state index contributed by atoms with van der Waals surface area (Å²) in [6, 6.07) is 8.28. The maximum absolute atomic E-state index is 14.0. The molecule has 1 fully saturated rings. The van der Waals surface area contributed by atoms with Gasteiger partial charge in [-0.05, 0) is 18.6 Å². The highest BCUT2D eigenvalue weighted by Crippen LogP contribution is 2.38. The van der Waals surface area contributed by atoms with Crippen LogP contribution in [0.5, 0.6) is 0 Å². The second-order valence-corrected chi connectivity index (χ2v) is 7.45.